The summed E-state index contributed by atoms with van der Waals surface area (Å²) >= 11 is 0. The van der Waals surface area contributed by atoms with Crippen LogP contribution in [0.5, 0.6) is 11.5 Å². The van der Waals surface area contributed by atoms with Crippen molar-refractivity contribution in [2.45, 2.75) is 0 Å². The molecule has 0 bridgehead atoms. The first kappa shape index (κ1) is 22.6. The Kier molecular flexibility index (Phi) is 9.20. The van der Waals surface area contributed by atoms with Crippen molar-refractivity contribution in [2.75, 3.05) is 0 Å². The van der Waals surface area contributed by atoms with Crippen molar-refractivity contribution in [3.8, 4) is 11.5 Å². The van der Waals surface area contributed by atoms with E-state index in [0.29, 0.717) is 0 Å². The Morgan fingerprint density at radius 2 is 1.08 bits per heavy atom. The third-order valence-corrected chi connectivity index (χ3v) is 2.68. The summed E-state index contributed by atoms with van der Waals surface area (Å²) in [6.07, 6.45) is 0. The van der Waals surface area contributed by atoms with Crippen LogP contribution < -0.4 is 69.3 Å². The summed E-state index contributed by atoms with van der Waals surface area (Å²) in [4.78, 5) is 21.3. The standard InChI is InChI=1S/C14H10N2O6.2Na/c17-11-5-7(1-3-9(11)13(19)20)15-16-8-2-4-10(14(21)22)12(18)6-8;;/h1-6,17-18H,(H,19,20)(H,21,22);;/q;2*+1/p-2. The van der Waals surface area contributed by atoms with E-state index < -0.39 is 23.4 Å². The van der Waals surface area contributed by atoms with Crippen molar-refractivity contribution >= 4 is 23.3 Å². The number of rotatable bonds is 4. The number of azo groups is 1. The average Bonchev–Trinajstić information content (AvgIpc) is 2.44. The molecule has 0 fully saturated rings. The third-order valence-electron chi connectivity index (χ3n) is 2.68. The van der Waals surface area contributed by atoms with Gasteiger partial charge in [0.1, 0.15) is 11.5 Å². The van der Waals surface area contributed by atoms with Crippen LogP contribution in [0.15, 0.2) is 46.6 Å². The number of phenols is 2. The molecule has 0 spiro atoms. The Labute approximate surface area is 180 Å². The molecular weight excluding hydrogens is 338 g/mol. The zero-order valence-electron chi connectivity index (χ0n) is 12.9. The molecule has 2 aromatic rings. The zero-order valence-corrected chi connectivity index (χ0v) is 16.9. The van der Waals surface area contributed by atoms with Crippen LogP contribution in [-0.4, -0.2) is 22.2 Å². The molecule has 0 aliphatic heterocycles. The second-order valence-electron chi connectivity index (χ2n) is 4.18. The van der Waals surface area contributed by atoms with Crippen molar-refractivity contribution in [1.82, 2.24) is 0 Å². The maximum absolute atomic E-state index is 10.6. The van der Waals surface area contributed by atoms with E-state index in [1.165, 1.54) is 12.1 Å². The van der Waals surface area contributed by atoms with E-state index in [1.807, 2.05) is 0 Å². The molecule has 24 heavy (non-hydrogen) atoms. The zero-order chi connectivity index (χ0) is 16.3. The van der Waals surface area contributed by atoms with E-state index in [1.54, 1.807) is 0 Å². The monoisotopic (exact) mass is 346 g/mol. The van der Waals surface area contributed by atoms with Crippen LogP contribution in [0.2, 0.25) is 0 Å². The number of aromatic carboxylic acids is 2. The maximum atomic E-state index is 10.6. The molecular formula is C14H8N2Na2O6. The Morgan fingerprint density at radius 3 is 1.33 bits per heavy atom. The van der Waals surface area contributed by atoms with Gasteiger partial charge in [-0.05, 0) is 24.3 Å². The van der Waals surface area contributed by atoms with E-state index in [0.717, 1.165) is 24.3 Å². The molecule has 0 radical (unpaired) electrons. The van der Waals surface area contributed by atoms with Gasteiger partial charge in [0.15, 0.2) is 0 Å². The predicted molar refractivity (Wildman–Crippen MR) is 69.1 cm³/mol. The van der Waals surface area contributed by atoms with E-state index in [4.69, 9.17) is 0 Å². The molecule has 0 saturated heterocycles. The van der Waals surface area contributed by atoms with Gasteiger partial charge >= 0.3 is 59.1 Å². The first-order chi connectivity index (χ1) is 10.4. The quantitative estimate of drug-likeness (QED) is 0.417. The molecule has 0 atom stereocenters. The Morgan fingerprint density at radius 1 is 0.750 bits per heavy atom. The Hall–Kier alpha value is -1.42. The van der Waals surface area contributed by atoms with Crippen molar-refractivity contribution in [3.05, 3.63) is 47.5 Å². The molecule has 0 saturated carbocycles. The number of nitrogens with zero attached hydrogens (tertiary/aromatic N) is 2. The molecule has 0 aliphatic rings. The van der Waals surface area contributed by atoms with Crippen LogP contribution in [0, 0.1) is 0 Å². The summed E-state index contributed by atoms with van der Waals surface area (Å²) in [6.45, 7) is 0. The first-order valence-electron chi connectivity index (χ1n) is 5.89. The van der Waals surface area contributed by atoms with Crippen LogP contribution >= 0.6 is 0 Å². The second kappa shape index (κ2) is 9.77. The molecule has 0 unspecified atom stereocenters. The Bertz CT molecular complexity index is 729. The summed E-state index contributed by atoms with van der Waals surface area (Å²) in [5.41, 5.74) is -0.443. The summed E-state index contributed by atoms with van der Waals surface area (Å²) in [6, 6.07) is 6.95. The predicted octanol–water partition coefficient (Wildman–Crippen LogP) is -5.75. The van der Waals surface area contributed by atoms with Gasteiger partial charge in [-0.2, -0.15) is 10.2 Å². The van der Waals surface area contributed by atoms with Crippen molar-refractivity contribution in [1.29, 1.82) is 0 Å². The van der Waals surface area contributed by atoms with Gasteiger partial charge in [-0.3, -0.25) is 0 Å². The second-order valence-corrected chi connectivity index (χ2v) is 4.18. The number of carboxylic acids is 2. The van der Waals surface area contributed by atoms with E-state index >= 15 is 0 Å². The fourth-order valence-electron chi connectivity index (χ4n) is 1.63. The fraction of sp³-hybridized carbons (Fsp3) is 0. The normalized spacial score (nSPS) is 9.83. The van der Waals surface area contributed by atoms with E-state index in [-0.39, 0.29) is 81.6 Å². The van der Waals surface area contributed by atoms with Gasteiger partial charge in [0, 0.05) is 23.3 Å². The molecule has 2 N–H and O–H groups in total. The summed E-state index contributed by atoms with van der Waals surface area (Å²) in [5.74, 6) is -4.09. The Balaban J connectivity index is 0.00000264. The summed E-state index contributed by atoms with van der Waals surface area (Å²) in [5, 5.41) is 47.7. The van der Waals surface area contributed by atoms with Crippen molar-refractivity contribution < 1.29 is 89.1 Å². The van der Waals surface area contributed by atoms with E-state index in [9.17, 15) is 30.0 Å². The molecule has 0 heterocycles. The largest absolute Gasteiger partial charge is 1.00 e. The van der Waals surface area contributed by atoms with Gasteiger partial charge in [0.2, 0.25) is 0 Å². The number of hydrogen-bond acceptors (Lipinski definition) is 8. The number of aromatic hydroxyl groups is 2. The van der Waals surface area contributed by atoms with Gasteiger partial charge in [0.25, 0.3) is 0 Å². The van der Waals surface area contributed by atoms with Crippen molar-refractivity contribution in [2.24, 2.45) is 10.2 Å². The molecule has 2 rings (SSSR count). The van der Waals surface area contributed by atoms with Crippen LogP contribution in [0.25, 0.3) is 0 Å². The van der Waals surface area contributed by atoms with E-state index in [2.05, 4.69) is 10.2 Å². The number of carbonyl (C=O) groups is 2. The van der Waals surface area contributed by atoms with Gasteiger partial charge in [0.05, 0.1) is 23.3 Å². The molecule has 0 aliphatic carbocycles. The summed E-state index contributed by atoms with van der Waals surface area (Å²) in [7, 11) is 0. The number of carboxylic acid groups (broad SMARTS) is 2. The minimum absolute atomic E-state index is 0. The SMILES string of the molecule is O=C([O-])c1ccc(N=Nc2ccc(C(=O)[O-])c(O)c2)cc1O.[Na+].[Na+]. The van der Waals surface area contributed by atoms with Gasteiger partial charge in [-0.1, -0.05) is 0 Å². The summed E-state index contributed by atoms with van der Waals surface area (Å²) < 4.78 is 0. The molecule has 112 valence electrons. The van der Waals surface area contributed by atoms with Gasteiger partial charge in [-0.25, -0.2) is 0 Å². The molecule has 0 aromatic heterocycles. The molecule has 10 heteroatoms. The van der Waals surface area contributed by atoms with Crippen LogP contribution in [0.3, 0.4) is 0 Å². The minimum atomic E-state index is -1.52. The minimum Gasteiger partial charge on any atom is -0.545 e. The molecule has 0 amide bonds. The number of carbonyl (C=O) groups excluding carboxylic acids is 2. The van der Waals surface area contributed by atoms with Gasteiger partial charge < -0.3 is 30.0 Å². The van der Waals surface area contributed by atoms with Crippen LogP contribution in [0.1, 0.15) is 20.7 Å². The van der Waals surface area contributed by atoms with Crippen LogP contribution in [-0.2, 0) is 0 Å². The molecule has 8 nitrogen and oxygen atoms in total. The number of hydrogen-bond donors (Lipinski definition) is 2. The smallest absolute Gasteiger partial charge is 0.545 e. The first-order valence-corrected chi connectivity index (χ1v) is 5.89. The average molecular weight is 346 g/mol. The van der Waals surface area contributed by atoms with Crippen LogP contribution in [0.4, 0.5) is 11.4 Å². The third kappa shape index (κ3) is 5.59. The molecule has 2 aromatic carbocycles. The number of benzene rings is 2. The van der Waals surface area contributed by atoms with Gasteiger partial charge in [-0.15, -0.1) is 0 Å². The maximum Gasteiger partial charge on any atom is 1.00 e. The van der Waals surface area contributed by atoms with Crippen molar-refractivity contribution in [3.63, 3.8) is 0 Å². The topological polar surface area (TPSA) is 145 Å². The fourth-order valence-corrected chi connectivity index (χ4v) is 1.63.